The Balaban J connectivity index is 3.21. The van der Waals surface area contributed by atoms with Crippen molar-refractivity contribution in [2.75, 3.05) is 5.73 Å². The molecule has 1 heterocycles. The Kier molecular flexibility index (Phi) is 1.58. The maximum absolute atomic E-state index is 9.05. The van der Waals surface area contributed by atoms with Crippen LogP contribution in [0.5, 0.6) is 5.75 Å². The minimum Gasteiger partial charge on any atom is -0.506 e. The molecule has 0 fully saturated rings. The Morgan fingerprint density at radius 2 is 2.30 bits per heavy atom. The second kappa shape index (κ2) is 2.39. The van der Waals surface area contributed by atoms with E-state index in [2.05, 4.69) is 11.6 Å². The molecule has 0 atom stereocenters. The van der Waals surface area contributed by atoms with Crippen molar-refractivity contribution in [1.29, 1.82) is 0 Å². The van der Waals surface area contributed by atoms with Gasteiger partial charge in [-0.15, -0.1) is 0 Å². The molecule has 0 aliphatic carbocycles. The third-order valence-electron chi connectivity index (χ3n) is 1.12. The zero-order valence-electron chi connectivity index (χ0n) is 5.41. The van der Waals surface area contributed by atoms with Gasteiger partial charge in [0, 0.05) is 0 Å². The van der Waals surface area contributed by atoms with Crippen LogP contribution in [0.15, 0.2) is 18.7 Å². The van der Waals surface area contributed by atoms with E-state index < -0.39 is 0 Å². The molecule has 3 nitrogen and oxygen atoms in total. The molecule has 1 rings (SSSR count). The monoisotopic (exact) mass is 136 g/mol. The topological polar surface area (TPSA) is 59.1 Å². The van der Waals surface area contributed by atoms with Crippen molar-refractivity contribution in [3.05, 3.63) is 24.4 Å². The van der Waals surface area contributed by atoms with Gasteiger partial charge in [0.2, 0.25) is 0 Å². The highest BCUT2D eigenvalue weighted by Crippen LogP contribution is 2.15. The summed E-state index contributed by atoms with van der Waals surface area (Å²) in [5, 5.41) is 9.05. The van der Waals surface area contributed by atoms with Crippen LogP contribution >= 0.6 is 0 Å². The summed E-state index contributed by atoms with van der Waals surface area (Å²) in [5.74, 6) is 0.483. The first-order chi connectivity index (χ1) is 4.74. The number of nitrogens with two attached hydrogens (primary N) is 1. The van der Waals surface area contributed by atoms with Gasteiger partial charge in [0.1, 0.15) is 17.3 Å². The first kappa shape index (κ1) is 6.61. The van der Waals surface area contributed by atoms with Crippen molar-refractivity contribution in [2.24, 2.45) is 0 Å². The molecule has 0 radical (unpaired) electrons. The average molecular weight is 136 g/mol. The fraction of sp³-hybridized carbons (Fsp3) is 0. The molecule has 0 spiro atoms. The van der Waals surface area contributed by atoms with E-state index in [-0.39, 0.29) is 5.75 Å². The summed E-state index contributed by atoms with van der Waals surface area (Å²) in [6.45, 7) is 3.45. The molecule has 1 aromatic heterocycles. The van der Waals surface area contributed by atoms with Gasteiger partial charge in [-0.2, -0.15) is 0 Å². The highest BCUT2D eigenvalue weighted by atomic mass is 16.3. The van der Waals surface area contributed by atoms with Crippen molar-refractivity contribution in [3.63, 3.8) is 0 Å². The number of rotatable bonds is 1. The van der Waals surface area contributed by atoms with E-state index in [1.807, 2.05) is 0 Å². The third kappa shape index (κ3) is 1.07. The van der Waals surface area contributed by atoms with E-state index >= 15 is 0 Å². The molecule has 3 heteroatoms. The molecule has 3 N–H and O–H groups in total. The largest absolute Gasteiger partial charge is 0.506 e. The van der Waals surface area contributed by atoms with E-state index in [9.17, 15) is 0 Å². The van der Waals surface area contributed by atoms with Crippen LogP contribution in [-0.2, 0) is 0 Å². The number of hydrogen-bond acceptors (Lipinski definition) is 3. The van der Waals surface area contributed by atoms with Crippen LogP contribution in [0.25, 0.3) is 6.08 Å². The van der Waals surface area contributed by atoms with Gasteiger partial charge in [0.25, 0.3) is 0 Å². The van der Waals surface area contributed by atoms with Gasteiger partial charge in [0.05, 0.1) is 0 Å². The lowest BCUT2D eigenvalue weighted by Crippen LogP contribution is -1.90. The second-order valence-electron chi connectivity index (χ2n) is 1.84. The molecular weight excluding hydrogens is 128 g/mol. The smallest absolute Gasteiger partial charge is 0.141 e. The predicted molar refractivity (Wildman–Crippen MR) is 40.4 cm³/mol. The zero-order valence-corrected chi connectivity index (χ0v) is 5.41. The third-order valence-corrected chi connectivity index (χ3v) is 1.12. The van der Waals surface area contributed by atoms with Crippen LogP contribution in [0.1, 0.15) is 5.69 Å². The van der Waals surface area contributed by atoms with Crippen LogP contribution in [0, 0.1) is 0 Å². The number of hydrogen-bond donors (Lipinski definition) is 2. The molecule has 1 aromatic rings. The molecule has 0 aliphatic rings. The summed E-state index contributed by atoms with van der Waals surface area (Å²) in [6, 6.07) is 3.02. The van der Waals surface area contributed by atoms with Gasteiger partial charge in [-0.3, -0.25) is 0 Å². The first-order valence-corrected chi connectivity index (χ1v) is 2.82. The van der Waals surface area contributed by atoms with Gasteiger partial charge in [-0.1, -0.05) is 6.58 Å². The number of aromatic hydroxyl groups is 1. The lowest BCUT2D eigenvalue weighted by atomic mass is 10.3. The molecule has 0 aliphatic heterocycles. The van der Waals surface area contributed by atoms with Crippen LogP contribution in [-0.4, -0.2) is 10.1 Å². The number of nitrogens with zero attached hydrogens (tertiary/aromatic N) is 1. The van der Waals surface area contributed by atoms with Gasteiger partial charge >= 0.3 is 0 Å². The van der Waals surface area contributed by atoms with E-state index in [1.165, 1.54) is 18.2 Å². The maximum atomic E-state index is 9.05. The minimum absolute atomic E-state index is 0.101. The van der Waals surface area contributed by atoms with Gasteiger partial charge in [0.15, 0.2) is 0 Å². The number of pyridine rings is 1. The maximum Gasteiger partial charge on any atom is 0.141 e. The van der Waals surface area contributed by atoms with Crippen molar-refractivity contribution in [1.82, 2.24) is 4.98 Å². The van der Waals surface area contributed by atoms with Crippen molar-refractivity contribution >= 4 is 11.9 Å². The molecule has 52 valence electrons. The highest BCUT2D eigenvalue weighted by Gasteiger charge is 1.96. The summed E-state index contributed by atoms with van der Waals surface area (Å²) in [4.78, 5) is 3.80. The summed E-state index contributed by atoms with van der Waals surface area (Å²) in [5.41, 5.74) is 5.75. The molecule has 0 saturated heterocycles. The summed E-state index contributed by atoms with van der Waals surface area (Å²) in [7, 11) is 0. The highest BCUT2D eigenvalue weighted by molar-refractivity contribution is 5.53. The quantitative estimate of drug-likeness (QED) is 0.605. The van der Waals surface area contributed by atoms with E-state index in [1.54, 1.807) is 0 Å². The summed E-state index contributed by atoms with van der Waals surface area (Å²) >= 11 is 0. The van der Waals surface area contributed by atoms with Crippen molar-refractivity contribution in [3.8, 4) is 5.75 Å². The van der Waals surface area contributed by atoms with Crippen LogP contribution in [0.3, 0.4) is 0 Å². The lowest BCUT2D eigenvalue weighted by molar-refractivity contribution is 0.471. The Labute approximate surface area is 58.8 Å². The number of nitrogen functional groups attached to an aromatic ring is 1. The Hall–Kier alpha value is -1.51. The zero-order chi connectivity index (χ0) is 7.56. The van der Waals surface area contributed by atoms with E-state index in [4.69, 9.17) is 10.8 Å². The molecule has 0 saturated carbocycles. The second-order valence-corrected chi connectivity index (χ2v) is 1.84. The van der Waals surface area contributed by atoms with Gasteiger partial charge in [-0.25, -0.2) is 4.98 Å². The molecule has 0 bridgehead atoms. The van der Waals surface area contributed by atoms with Crippen LogP contribution < -0.4 is 5.73 Å². The standard InChI is InChI=1S/C7H8N2O/c1-2-5-6(10)3-4-7(8)9-5/h2-4,10H,1H2,(H2,8,9). The number of anilines is 1. The first-order valence-electron chi connectivity index (χ1n) is 2.82. The van der Waals surface area contributed by atoms with Crippen LogP contribution in [0.2, 0.25) is 0 Å². The molecule has 0 unspecified atom stereocenters. The van der Waals surface area contributed by atoms with E-state index in [0.717, 1.165) is 0 Å². The Morgan fingerprint density at radius 1 is 1.60 bits per heavy atom. The normalized spacial score (nSPS) is 9.20. The van der Waals surface area contributed by atoms with Crippen molar-refractivity contribution in [2.45, 2.75) is 0 Å². The summed E-state index contributed by atoms with van der Waals surface area (Å²) < 4.78 is 0. The van der Waals surface area contributed by atoms with Crippen LogP contribution in [0.4, 0.5) is 5.82 Å². The van der Waals surface area contributed by atoms with Gasteiger partial charge in [-0.05, 0) is 18.2 Å². The fourth-order valence-electron chi connectivity index (χ4n) is 0.634. The average Bonchev–Trinajstić information content (AvgIpc) is 1.94. The Bertz CT molecular complexity index is 258. The van der Waals surface area contributed by atoms with Crippen molar-refractivity contribution < 1.29 is 5.11 Å². The molecule has 0 aromatic carbocycles. The Morgan fingerprint density at radius 3 is 2.80 bits per heavy atom. The predicted octanol–water partition coefficient (Wildman–Crippen LogP) is 1.01. The molecule has 0 amide bonds. The summed E-state index contributed by atoms with van der Waals surface area (Å²) in [6.07, 6.45) is 1.45. The minimum atomic E-state index is 0.101. The lowest BCUT2D eigenvalue weighted by Gasteiger charge is -1.97. The molecule has 10 heavy (non-hydrogen) atoms. The van der Waals surface area contributed by atoms with E-state index in [0.29, 0.717) is 11.5 Å². The SMILES string of the molecule is C=Cc1nc(N)ccc1O. The fourth-order valence-corrected chi connectivity index (χ4v) is 0.634. The number of aromatic nitrogens is 1. The van der Waals surface area contributed by atoms with Gasteiger partial charge < -0.3 is 10.8 Å². The molecular formula is C7H8N2O.